The van der Waals surface area contributed by atoms with Gasteiger partial charge in [-0.1, -0.05) is 94.8 Å². The van der Waals surface area contributed by atoms with Gasteiger partial charge in [0.2, 0.25) is 5.91 Å². The number of nitrogens with zero attached hydrogens (tertiary/aromatic N) is 4. The van der Waals surface area contributed by atoms with Crippen molar-refractivity contribution in [3.8, 4) is 0 Å². The molecule has 0 aromatic heterocycles. The first-order valence-corrected chi connectivity index (χ1v) is 27.4. The van der Waals surface area contributed by atoms with Crippen LogP contribution in [0.3, 0.4) is 0 Å². The molecule has 2 fully saturated rings. The summed E-state index contributed by atoms with van der Waals surface area (Å²) >= 11 is 0. The number of imide groups is 1. The van der Waals surface area contributed by atoms with Crippen LogP contribution in [0.1, 0.15) is 152 Å². The van der Waals surface area contributed by atoms with Gasteiger partial charge >= 0.3 is 0 Å². The van der Waals surface area contributed by atoms with E-state index >= 15 is 0 Å². The number of benzene rings is 2. The fourth-order valence-electron chi connectivity index (χ4n) is 9.23. The Balaban J connectivity index is 0.000000428. The van der Waals surface area contributed by atoms with Crippen molar-refractivity contribution in [2.24, 2.45) is 17.5 Å². The largest absolute Gasteiger partial charge is 0.399 e. The Morgan fingerprint density at radius 3 is 1.95 bits per heavy atom. The predicted octanol–water partition coefficient (Wildman–Crippen LogP) is 8.23. The molecule has 74 heavy (non-hydrogen) atoms. The third kappa shape index (κ3) is 25.3. The summed E-state index contributed by atoms with van der Waals surface area (Å²) in [6.45, 7) is 17.1. The van der Waals surface area contributed by atoms with Gasteiger partial charge in [0.05, 0.1) is 77.6 Å². The summed E-state index contributed by atoms with van der Waals surface area (Å²) < 4.78 is 27.7. The topological polar surface area (TPSA) is 222 Å². The molecule has 2 aromatic carbocycles. The first-order valence-electron chi connectivity index (χ1n) is 27.4. The van der Waals surface area contributed by atoms with Crippen molar-refractivity contribution < 1.29 is 38.1 Å². The van der Waals surface area contributed by atoms with Gasteiger partial charge in [-0.2, -0.15) is 0 Å². The van der Waals surface area contributed by atoms with E-state index in [-0.39, 0.29) is 23.8 Å². The van der Waals surface area contributed by atoms with E-state index in [0.717, 1.165) is 63.5 Å². The minimum Gasteiger partial charge on any atom is -0.399 e. The molecular weight excluding hydrogens is 939 g/mol. The van der Waals surface area contributed by atoms with E-state index in [9.17, 15) is 14.4 Å². The van der Waals surface area contributed by atoms with Crippen molar-refractivity contribution in [1.29, 1.82) is 10.8 Å². The number of β-lactam (4-membered cyclic amide) rings is 1. The van der Waals surface area contributed by atoms with Gasteiger partial charge in [0.25, 0.3) is 5.91 Å². The van der Waals surface area contributed by atoms with E-state index in [2.05, 4.69) is 54.4 Å². The number of likely N-dealkylation sites (tertiary alicyclic amines) is 2. The molecule has 0 radical (unpaired) electrons. The summed E-state index contributed by atoms with van der Waals surface area (Å²) in [5.74, 6) is 6.81. The number of amidine groups is 2. The smallest absolute Gasteiger partial charge is 0.260 e. The Hall–Kier alpha value is -4.59. The number of nitrogens with two attached hydrogens (primary N) is 2. The van der Waals surface area contributed by atoms with Crippen LogP contribution in [-0.2, 0) is 39.9 Å². The summed E-state index contributed by atoms with van der Waals surface area (Å²) in [5.41, 5.74) is 9.37. The lowest BCUT2D eigenvalue weighted by molar-refractivity contribution is -0.136. The van der Waals surface area contributed by atoms with Crippen LogP contribution in [0.2, 0.25) is 0 Å². The van der Waals surface area contributed by atoms with Gasteiger partial charge in [-0.15, -0.1) is 0 Å². The Labute approximate surface area is 444 Å². The van der Waals surface area contributed by atoms with Crippen LogP contribution < -0.4 is 16.9 Å². The van der Waals surface area contributed by atoms with Gasteiger partial charge in [-0.25, -0.2) is 5.84 Å². The minimum absolute atomic E-state index is 0.123. The molecule has 4 rings (SSSR count). The van der Waals surface area contributed by atoms with E-state index in [1.54, 1.807) is 30.3 Å². The van der Waals surface area contributed by atoms with Gasteiger partial charge < -0.3 is 49.4 Å². The minimum atomic E-state index is -0.247. The maximum Gasteiger partial charge on any atom is 0.260 e. The highest BCUT2D eigenvalue weighted by Crippen LogP contribution is 2.30. The second-order valence-corrected chi connectivity index (χ2v) is 19.9. The van der Waals surface area contributed by atoms with Crippen molar-refractivity contribution in [3.63, 3.8) is 0 Å². The maximum absolute atomic E-state index is 12.2. The molecule has 4 atom stereocenters. The van der Waals surface area contributed by atoms with Gasteiger partial charge in [0.1, 0.15) is 12.1 Å². The highest BCUT2D eigenvalue weighted by molar-refractivity contribution is 6.07. The number of amides is 2. The molecule has 4 unspecified atom stereocenters. The van der Waals surface area contributed by atoms with Gasteiger partial charge in [-0.05, 0) is 89.6 Å². The first-order chi connectivity index (χ1) is 35.8. The lowest BCUT2D eigenvalue weighted by Crippen LogP contribution is -2.47. The van der Waals surface area contributed by atoms with Gasteiger partial charge in [-0.3, -0.25) is 30.2 Å². The van der Waals surface area contributed by atoms with Crippen LogP contribution in [0.4, 0.5) is 0 Å². The molecule has 0 bridgehead atoms. The lowest BCUT2D eigenvalue weighted by atomic mass is 10.0. The van der Waals surface area contributed by atoms with Crippen molar-refractivity contribution in [1.82, 2.24) is 25.0 Å². The van der Waals surface area contributed by atoms with E-state index in [4.69, 9.17) is 46.1 Å². The van der Waals surface area contributed by atoms with Crippen molar-refractivity contribution in [3.05, 3.63) is 83.2 Å². The summed E-state index contributed by atoms with van der Waals surface area (Å²) in [4.78, 5) is 39.7. The number of unbranched alkanes of at least 4 members (excludes halogenated alkanes) is 8. The molecule has 0 saturated carbocycles. The zero-order chi connectivity index (χ0) is 53.9. The quantitative estimate of drug-likeness (QED) is 0.00625. The molecule has 17 nitrogen and oxygen atoms in total. The highest BCUT2D eigenvalue weighted by Gasteiger charge is 2.34. The third-order valence-electron chi connectivity index (χ3n) is 13.5. The number of aldehydes is 1. The van der Waals surface area contributed by atoms with Crippen LogP contribution in [0.25, 0.3) is 0 Å². The van der Waals surface area contributed by atoms with E-state index < -0.39 is 0 Å². The van der Waals surface area contributed by atoms with E-state index in [1.807, 2.05) is 37.9 Å². The number of carbonyl (C=O) groups is 3. The molecule has 2 aromatic rings. The normalized spacial score (nSPS) is 16.6. The molecule has 2 aliphatic rings. The zero-order valence-electron chi connectivity index (χ0n) is 46.0. The summed E-state index contributed by atoms with van der Waals surface area (Å²) in [6, 6.07) is 19.5. The number of hydrazine groups is 1. The molecule has 2 aliphatic heterocycles. The maximum atomic E-state index is 12.2. The number of rotatable bonds is 38. The van der Waals surface area contributed by atoms with Crippen molar-refractivity contribution >= 4 is 29.8 Å². The van der Waals surface area contributed by atoms with Crippen LogP contribution in [0, 0.1) is 16.7 Å². The first kappa shape index (κ1) is 63.7. The number of hydrogen-bond donors (Lipinski definition) is 5. The monoisotopic (exact) mass is 1030 g/mol. The summed E-state index contributed by atoms with van der Waals surface area (Å²) in [7, 11) is 2.05. The molecule has 416 valence electrons. The van der Waals surface area contributed by atoms with Gasteiger partial charge in [0, 0.05) is 74.3 Å². The van der Waals surface area contributed by atoms with Crippen LogP contribution in [0.5, 0.6) is 0 Å². The van der Waals surface area contributed by atoms with E-state index in [1.165, 1.54) is 49.0 Å². The number of hydrogen-bond acceptors (Lipinski definition) is 15. The fraction of sp³-hybridized carbons (Fsp3) is 0.667. The van der Waals surface area contributed by atoms with Gasteiger partial charge in [0.15, 0.2) is 0 Å². The SMILES string of the molecule is CNC(CCN1C(C)CCC1CC(C)N(C(C)=N)C(=N)C(C)C)c1ccccc1.N/C(=C\N(N)CCCCCCCCCCC=O)COCCOCCOCCOCCOCc1ccc(C(=O)N2CCC2=O)cc1. The lowest BCUT2D eigenvalue weighted by Gasteiger charge is -2.37. The average molecular weight is 1030 g/mol. The van der Waals surface area contributed by atoms with Crippen LogP contribution in [0.15, 0.2) is 66.5 Å². The Kier molecular flexibility index (Phi) is 32.7. The summed E-state index contributed by atoms with van der Waals surface area (Å²) in [6.07, 6.45) is 17.6. The second kappa shape index (κ2) is 38.0. The molecular formula is C57H95N9O8. The highest BCUT2D eigenvalue weighted by atomic mass is 16.6. The number of nitrogens with one attached hydrogen (secondary N) is 3. The molecule has 2 heterocycles. The number of carbonyl (C=O) groups excluding carboxylic acids is 3. The number of ether oxygens (including phenoxy) is 5. The van der Waals surface area contributed by atoms with Crippen molar-refractivity contribution in [2.75, 3.05) is 86.1 Å². The average Bonchev–Trinajstić information content (AvgIpc) is 3.72. The third-order valence-corrected chi connectivity index (χ3v) is 13.5. The Morgan fingerprint density at radius 2 is 1.41 bits per heavy atom. The molecule has 2 saturated heterocycles. The summed E-state index contributed by atoms with van der Waals surface area (Å²) in [5, 5.41) is 21.7. The molecule has 2 amide bonds. The standard InChI is InChI=1S/C33H54N4O8.C24H41N5/c34-31(26-36(35)15-8-6-4-2-1-3-5-7-9-17-38)28-45-25-23-43-21-19-41-18-20-42-22-24-44-27-29-10-12-30(13-11-29)33(40)37-16-14-32(37)39;1-17(2)24(26)29(20(5)25)19(4)16-22-13-12-18(3)28(22)15-14-23(27-6)21-10-8-7-9-11-21/h10-13,17,26H,1-9,14-16,18-25,27-28,34-35H2;7-11,17-19,22-23,25-27H,12-16H2,1-6H3/b31-26-;. The molecule has 0 aliphatic carbocycles. The molecule has 0 spiro atoms. The predicted molar refractivity (Wildman–Crippen MR) is 295 cm³/mol. The van der Waals surface area contributed by atoms with Crippen LogP contribution in [-0.4, -0.2) is 154 Å². The second-order valence-electron chi connectivity index (χ2n) is 19.9. The van der Waals surface area contributed by atoms with E-state index in [0.29, 0.717) is 127 Å². The van der Waals surface area contributed by atoms with Crippen molar-refractivity contribution in [2.45, 2.75) is 155 Å². The fourth-order valence-corrected chi connectivity index (χ4v) is 9.23. The molecule has 17 heteroatoms. The van der Waals surface area contributed by atoms with Crippen LogP contribution >= 0.6 is 0 Å². The Morgan fingerprint density at radius 1 is 0.824 bits per heavy atom. The zero-order valence-corrected chi connectivity index (χ0v) is 46.0. The Bertz CT molecular complexity index is 1910. The molecule has 7 N–H and O–H groups in total.